The zero-order valence-corrected chi connectivity index (χ0v) is 21.2. The SMILES string of the molecule is COc1ccccc1CCCNC(=O)C1CCN(Cc2nc(-c3ccc(OC)c(OC)c3)no2)CC1. The van der Waals surface area contributed by atoms with E-state index in [4.69, 9.17) is 18.7 Å². The number of ether oxygens (including phenoxy) is 3. The summed E-state index contributed by atoms with van der Waals surface area (Å²) in [5.74, 6) is 3.40. The molecule has 1 fully saturated rings. The molecule has 0 spiro atoms. The summed E-state index contributed by atoms with van der Waals surface area (Å²) < 4.78 is 21.5. The Morgan fingerprint density at radius 1 is 1.03 bits per heavy atom. The number of methoxy groups -OCH3 is 3. The molecule has 1 aliphatic rings. The third-order valence-corrected chi connectivity index (χ3v) is 6.54. The molecule has 4 rings (SSSR count). The van der Waals surface area contributed by atoms with Crippen LogP contribution in [0.25, 0.3) is 11.4 Å². The van der Waals surface area contributed by atoms with Crippen molar-refractivity contribution in [2.75, 3.05) is 41.0 Å². The molecular formula is C27H34N4O5. The lowest BCUT2D eigenvalue weighted by molar-refractivity contribution is -0.126. The summed E-state index contributed by atoms with van der Waals surface area (Å²) in [6.45, 7) is 2.85. The van der Waals surface area contributed by atoms with Crippen LogP contribution in [0.3, 0.4) is 0 Å². The van der Waals surface area contributed by atoms with Crippen LogP contribution >= 0.6 is 0 Å². The molecule has 0 saturated carbocycles. The fourth-order valence-electron chi connectivity index (χ4n) is 4.50. The maximum atomic E-state index is 12.6. The zero-order valence-electron chi connectivity index (χ0n) is 21.2. The van der Waals surface area contributed by atoms with Gasteiger partial charge in [0.1, 0.15) is 5.75 Å². The molecule has 36 heavy (non-hydrogen) atoms. The highest BCUT2D eigenvalue weighted by molar-refractivity contribution is 5.78. The van der Waals surface area contributed by atoms with E-state index in [9.17, 15) is 4.79 Å². The summed E-state index contributed by atoms with van der Waals surface area (Å²) in [6.07, 6.45) is 3.38. The number of likely N-dealkylation sites (tertiary alicyclic amines) is 1. The van der Waals surface area contributed by atoms with Crippen molar-refractivity contribution >= 4 is 5.91 Å². The Hall–Kier alpha value is -3.59. The average molecular weight is 495 g/mol. The van der Waals surface area contributed by atoms with Gasteiger partial charge in [-0.05, 0) is 68.6 Å². The summed E-state index contributed by atoms with van der Waals surface area (Å²) in [5.41, 5.74) is 1.96. The van der Waals surface area contributed by atoms with Gasteiger partial charge >= 0.3 is 0 Å². The van der Waals surface area contributed by atoms with Gasteiger partial charge in [0.25, 0.3) is 0 Å². The third kappa shape index (κ3) is 6.34. The van der Waals surface area contributed by atoms with Gasteiger partial charge in [-0.25, -0.2) is 0 Å². The van der Waals surface area contributed by atoms with Crippen molar-refractivity contribution in [1.29, 1.82) is 0 Å². The highest BCUT2D eigenvalue weighted by atomic mass is 16.5. The minimum Gasteiger partial charge on any atom is -0.496 e. The zero-order chi connectivity index (χ0) is 25.3. The van der Waals surface area contributed by atoms with Crippen LogP contribution in [0, 0.1) is 5.92 Å². The molecule has 1 amide bonds. The number of rotatable bonds is 11. The second kappa shape index (κ2) is 12.4. The van der Waals surface area contributed by atoms with E-state index in [0.717, 1.165) is 55.6 Å². The maximum absolute atomic E-state index is 12.6. The van der Waals surface area contributed by atoms with Crippen LogP contribution in [0.2, 0.25) is 0 Å². The number of aryl methyl sites for hydroxylation is 1. The molecule has 9 nitrogen and oxygen atoms in total. The lowest BCUT2D eigenvalue weighted by Crippen LogP contribution is -2.40. The summed E-state index contributed by atoms with van der Waals surface area (Å²) in [7, 11) is 4.87. The Morgan fingerprint density at radius 3 is 2.53 bits per heavy atom. The quantitative estimate of drug-likeness (QED) is 0.403. The predicted molar refractivity (Wildman–Crippen MR) is 135 cm³/mol. The van der Waals surface area contributed by atoms with Crippen molar-refractivity contribution in [3.63, 3.8) is 0 Å². The van der Waals surface area contributed by atoms with Crippen molar-refractivity contribution in [2.45, 2.75) is 32.2 Å². The van der Waals surface area contributed by atoms with E-state index in [0.29, 0.717) is 36.3 Å². The minimum atomic E-state index is 0.0394. The molecule has 3 aromatic rings. The predicted octanol–water partition coefficient (Wildman–Crippen LogP) is 3.72. The lowest BCUT2D eigenvalue weighted by Gasteiger charge is -2.30. The summed E-state index contributed by atoms with van der Waals surface area (Å²) in [5, 5.41) is 7.22. The molecule has 1 aliphatic heterocycles. The van der Waals surface area contributed by atoms with E-state index in [-0.39, 0.29) is 11.8 Å². The van der Waals surface area contributed by atoms with Gasteiger partial charge in [0.15, 0.2) is 11.5 Å². The Balaban J connectivity index is 1.20. The normalized spacial score (nSPS) is 14.4. The third-order valence-electron chi connectivity index (χ3n) is 6.54. The smallest absolute Gasteiger partial charge is 0.241 e. The lowest BCUT2D eigenvalue weighted by atomic mass is 9.96. The van der Waals surface area contributed by atoms with Crippen LogP contribution in [0.15, 0.2) is 47.0 Å². The second-order valence-corrected chi connectivity index (χ2v) is 8.84. The number of hydrogen-bond donors (Lipinski definition) is 1. The average Bonchev–Trinajstić information content (AvgIpc) is 3.39. The molecule has 0 aliphatic carbocycles. The topological polar surface area (TPSA) is 99.0 Å². The van der Waals surface area contributed by atoms with E-state index in [1.807, 2.05) is 36.4 Å². The maximum Gasteiger partial charge on any atom is 0.241 e. The van der Waals surface area contributed by atoms with Gasteiger partial charge in [-0.1, -0.05) is 23.4 Å². The van der Waals surface area contributed by atoms with Gasteiger partial charge < -0.3 is 24.1 Å². The molecule has 192 valence electrons. The van der Waals surface area contributed by atoms with Crippen molar-refractivity contribution in [1.82, 2.24) is 20.4 Å². The Kier molecular flexibility index (Phi) is 8.78. The number of piperidine rings is 1. The summed E-state index contributed by atoms with van der Waals surface area (Å²) in [6, 6.07) is 13.5. The van der Waals surface area contributed by atoms with Crippen LogP contribution in [-0.4, -0.2) is 61.9 Å². The molecule has 0 bridgehead atoms. The number of nitrogens with one attached hydrogen (secondary N) is 1. The van der Waals surface area contributed by atoms with Crippen molar-refractivity contribution in [3.8, 4) is 28.6 Å². The number of carbonyl (C=O) groups excluding carboxylic acids is 1. The number of benzene rings is 2. The monoisotopic (exact) mass is 494 g/mol. The van der Waals surface area contributed by atoms with Crippen LogP contribution < -0.4 is 19.5 Å². The molecular weight excluding hydrogens is 460 g/mol. The van der Waals surface area contributed by atoms with Crippen molar-refractivity contribution in [3.05, 3.63) is 53.9 Å². The number of nitrogens with zero attached hydrogens (tertiary/aromatic N) is 3. The van der Waals surface area contributed by atoms with Gasteiger partial charge in [0.05, 0.1) is 27.9 Å². The summed E-state index contributed by atoms with van der Waals surface area (Å²) >= 11 is 0. The van der Waals surface area contributed by atoms with Gasteiger partial charge in [-0.2, -0.15) is 4.98 Å². The molecule has 2 aromatic carbocycles. The molecule has 0 unspecified atom stereocenters. The molecule has 1 N–H and O–H groups in total. The van der Waals surface area contributed by atoms with E-state index < -0.39 is 0 Å². The molecule has 0 radical (unpaired) electrons. The number of aromatic nitrogens is 2. The van der Waals surface area contributed by atoms with Gasteiger partial charge in [0.2, 0.25) is 17.6 Å². The minimum absolute atomic E-state index is 0.0394. The van der Waals surface area contributed by atoms with E-state index >= 15 is 0 Å². The Bertz CT molecular complexity index is 1140. The highest BCUT2D eigenvalue weighted by Crippen LogP contribution is 2.31. The summed E-state index contributed by atoms with van der Waals surface area (Å²) in [4.78, 5) is 19.4. The van der Waals surface area contributed by atoms with Gasteiger partial charge in [-0.15, -0.1) is 0 Å². The molecule has 0 atom stereocenters. The fourth-order valence-corrected chi connectivity index (χ4v) is 4.50. The van der Waals surface area contributed by atoms with Gasteiger partial charge in [0, 0.05) is 18.0 Å². The first-order valence-electron chi connectivity index (χ1n) is 12.3. The number of amides is 1. The van der Waals surface area contributed by atoms with Crippen molar-refractivity contribution < 1.29 is 23.5 Å². The number of carbonyl (C=O) groups is 1. The molecule has 9 heteroatoms. The second-order valence-electron chi connectivity index (χ2n) is 8.84. The van der Waals surface area contributed by atoms with E-state index in [1.165, 1.54) is 0 Å². The van der Waals surface area contributed by atoms with Crippen LogP contribution in [0.5, 0.6) is 17.2 Å². The largest absolute Gasteiger partial charge is 0.496 e. The Morgan fingerprint density at radius 2 is 1.78 bits per heavy atom. The molecule has 2 heterocycles. The highest BCUT2D eigenvalue weighted by Gasteiger charge is 2.26. The molecule has 1 aromatic heterocycles. The van der Waals surface area contributed by atoms with E-state index in [2.05, 4.69) is 26.4 Å². The van der Waals surface area contributed by atoms with Crippen LogP contribution in [0.4, 0.5) is 0 Å². The van der Waals surface area contributed by atoms with Crippen molar-refractivity contribution in [2.24, 2.45) is 5.92 Å². The standard InChI is InChI=1S/C27H34N4O5/c1-33-22-9-5-4-7-19(22)8-6-14-28-27(32)20-12-15-31(16-13-20)18-25-29-26(30-36-25)21-10-11-23(34-2)24(17-21)35-3/h4-5,7,9-11,17,20H,6,8,12-16,18H2,1-3H3,(H,28,32). The van der Waals surface area contributed by atoms with Crippen LogP contribution in [0.1, 0.15) is 30.7 Å². The van der Waals surface area contributed by atoms with Gasteiger partial charge in [-0.3, -0.25) is 9.69 Å². The molecule has 1 saturated heterocycles. The first kappa shape index (κ1) is 25.5. The number of para-hydroxylation sites is 1. The first-order chi connectivity index (χ1) is 17.6. The first-order valence-corrected chi connectivity index (χ1v) is 12.3. The van der Waals surface area contributed by atoms with E-state index in [1.54, 1.807) is 21.3 Å². The van der Waals surface area contributed by atoms with Crippen LogP contribution in [-0.2, 0) is 17.8 Å². The number of hydrogen-bond acceptors (Lipinski definition) is 8. The fraction of sp³-hybridized carbons (Fsp3) is 0.444. The Labute approximate surface area is 211 Å².